The summed E-state index contributed by atoms with van der Waals surface area (Å²) in [5, 5.41) is 3.16. The fourth-order valence-electron chi connectivity index (χ4n) is 3.74. The summed E-state index contributed by atoms with van der Waals surface area (Å²) in [4.78, 5) is 15.4. The van der Waals surface area contributed by atoms with Crippen LogP contribution in [0.15, 0.2) is 60.7 Å². The lowest BCUT2D eigenvalue weighted by molar-refractivity contribution is -0.121. The first-order valence-corrected chi connectivity index (χ1v) is 9.94. The Morgan fingerprint density at radius 2 is 1.42 bits per heavy atom. The molecular weight excluding hydrogens is 320 g/mol. The van der Waals surface area contributed by atoms with Crippen LogP contribution in [0.25, 0.3) is 0 Å². The molecule has 2 aromatic carbocycles. The van der Waals surface area contributed by atoms with Crippen LogP contribution in [0.2, 0.25) is 0 Å². The summed E-state index contributed by atoms with van der Waals surface area (Å²) in [6.07, 6.45) is 6.26. The van der Waals surface area contributed by atoms with Crippen LogP contribution in [0.3, 0.4) is 0 Å². The summed E-state index contributed by atoms with van der Waals surface area (Å²) in [5.74, 6) is -0.139. The second-order valence-corrected chi connectivity index (χ2v) is 7.15. The molecule has 3 heteroatoms. The Morgan fingerprint density at radius 3 is 2.00 bits per heavy atom. The second-order valence-electron chi connectivity index (χ2n) is 7.15. The predicted molar refractivity (Wildman–Crippen MR) is 107 cm³/mol. The number of hydrogen-bond acceptors (Lipinski definition) is 2. The molecule has 1 amide bonds. The third kappa shape index (κ3) is 5.43. The Morgan fingerprint density at radius 1 is 0.846 bits per heavy atom. The van der Waals surface area contributed by atoms with Gasteiger partial charge >= 0.3 is 0 Å². The lowest BCUT2D eigenvalue weighted by Gasteiger charge is -2.26. The summed E-state index contributed by atoms with van der Waals surface area (Å²) in [7, 11) is 0. The number of nitrogens with one attached hydrogen (secondary N) is 1. The molecule has 1 saturated heterocycles. The van der Waals surface area contributed by atoms with Crippen LogP contribution >= 0.6 is 0 Å². The summed E-state index contributed by atoms with van der Waals surface area (Å²) in [6.45, 7) is 4.41. The van der Waals surface area contributed by atoms with E-state index in [-0.39, 0.29) is 11.8 Å². The first-order valence-electron chi connectivity index (χ1n) is 9.94. The van der Waals surface area contributed by atoms with Crippen LogP contribution in [0, 0.1) is 0 Å². The van der Waals surface area contributed by atoms with Crippen LogP contribution < -0.4 is 5.32 Å². The molecule has 3 rings (SSSR count). The summed E-state index contributed by atoms with van der Waals surface area (Å²) in [5.41, 5.74) is 2.09. The molecule has 1 aliphatic rings. The van der Waals surface area contributed by atoms with E-state index in [4.69, 9.17) is 0 Å². The molecule has 3 nitrogen and oxygen atoms in total. The fourth-order valence-corrected chi connectivity index (χ4v) is 3.74. The standard InChI is InChI=1S/C23H30N2O/c26-23(24-16-8-11-19-25-17-9-3-10-18-25)22(20-12-4-1-5-13-20)21-14-6-2-7-15-21/h1-2,4-7,12-15,22H,3,8-11,16-19H2,(H,24,26). The summed E-state index contributed by atoms with van der Waals surface area (Å²) < 4.78 is 0. The van der Waals surface area contributed by atoms with Gasteiger partial charge in [0.25, 0.3) is 0 Å². The fraction of sp³-hybridized carbons (Fsp3) is 0.435. The minimum atomic E-state index is -0.237. The minimum Gasteiger partial charge on any atom is -0.355 e. The van der Waals surface area contributed by atoms with Crippen molar-refractivity contribution in [2.45, 2.75) is 38.0 Å². The van der Waals surface area contributed by atoms with Gasteiger partial charge in [-0.3, -0.25) is 4.79 Å². The van der Waals surface area contributed by atoms with E-state index in [2.05, 4.69) is 10.2 Å². The highest BCUT2D eigenvalue weighted by molar-refractivity contribution is 5.87. The lowest BCUT2D eigenvalue weighted by Crippen LogP contribution is -2.33. The van der Waals surface area contributed by atoms with Gasteiger partial charge in [-0.2, -0.15) is 0 Å². The highest BCUT2D eigenvalue weighted by Gasteiger charge is 2.21. The second kappa shape index (κ2) is 10.1. The van der Waals surface area contributed by atoms with Crippen LogP contribution in [0.1, 0.15) is 49.1 Å². The van der Waals surface area contributed by atoms with Gasteiger partial charge in [0.2, 0.25) is 5.91 Å². The largest absolute Gasteiger partial charge is 0.355 e. The highest BCUT2D eigenvalue weighted by atomic mass is 16.1. The normalized spacial score (nSPS) is 15.1. The molecule has 1 heterocycles. The Hall–Kier alpha value is -2.13. The molecule has 0 aliphatic carbocycles. The number of piperidine rings is 1. The summed E-state index contributed by atoms with van der Waals surface area (Å²) in [6, 6.07) is 20.1. The topological polar surface area (TPSA) is 32.3 Å². The van der Waals surface area contributed by atoms with Gasteiger partial charge in [0.15, 0.2) is 0 Å². The molecule has 0 atom stereocenters. The van der Waals surface area contributed by atoms with Crippen LogP contribution in [0.4, 0.5) is 0 Å². The van der Waals surface area contributed by atoms with E-state index in [1.807, 2.05) is 60.7 Å². The number of unbranched alkanes of at least 4 members (excludes halogenated alkanes) is 1. The quantitative estimate of drug-likeness (QED) is 0.724. The maximum Gasteiger partial charge on any atom is 0.232 e. The van der Waals surface area contributed by atoms with Crippen molar-refractivity contribution in [3.8, 4) is 0 Å². The van der Waals surface area contributed by atoms with E-state index in [0.717, 1.165) is 37.1 Å². The number of carbonyl (C=O) groups is 1. The molecule has 1 aliphatic heterocycles. The van der Waals surface area contributed by atoms with Crippen molar-refractivity contribution in [1.29, 1.82) is 0 Å². The summed E-state index contributed by atoms with van der Waals surface area (Å²) >= 11 is 0. The van der Waals surface area contributed by atoms with Gasteiger partial charge in [-0.15, -0.1) is 0 Å². The maximum absolute atomic E-state index is 12.9. The smallest absolute Gasteiger partial charge is 0.232 e. The number of hydrogen-bond donors (Lipinski definition) is 1. The monoisotopic (exact) mass is 350 g/mol. The maximum atomic E-state index is 12.9. The van der Waals surface area contributed by atoms with E-state index >= 15 is 0 Å². The van der Waals surface area contributed by atoms with E-state index < -0.39 is 0 Å². The molecule has 0 aromatic heterocycles. The molecule has 0 bridgehead atoms. The van der Waals surface area contributed by atoms with Gasteiger partial charge in [-0.1, -0.05) is 67.1 Å². The van der Waals surface area contributed by atoms with Crippen molar-refractivity contribution >= 4 is 5.91 Å². The van der Waals surface area contributed by atoms with Crippen molar-refractivity contribution < 1.29 is 4.79 Å². The van der Waals surface area contributed by atoms with Gasteiger partial charge in [-0.05, 0) is 56.4 Å². The van der Waals surface area contributed by atoms with Gasteiger partial charge in [-0.25, -0.2) is 0 Å². The van der Waals surface area contributed by atoms with E-state index in [1.165, 1.54) is 32.4 Å². The van der Waals surface area contributed by atoms with Crippen LogP contribution in [0.5, 0.6) is 0 Å². The predicted octanol–water partition coefficient (Wildman–Crippen LogP) is 4.20. The van der Waals surface area contributed by atoms with E-state index in [9.17, 15) is 4.79 Å². The molecule has 0 spiro atoms. The van der Waals surface area contributed by atoms with Gasteiger partial charge in [0.1, 0.15) is 0 Å². The minimum absolute atomic E-state index is 0.0976. The third-order valence-corrected chi connectivity index (χ3v) is 5.18. The van der Waals surface area contributed by atoms with Gasteiger partial charge < -0.3 is 10.2 Å². The van der Waals surface area contributed by atoms with Crippen molar-refractivity contribution in [2.75, 3.05) is 26.2 Å². The van der Waals surface area contributed by atoms with Crippen molar-refractivity contribution in [3.05, 3.63) is 71.8 Å². The Bertz CT molecular complexity index is 611. The molecular formula is C23H30N2O. The first-order chi connectivity index (χ1) is 12.8. The van der Waals surface area contributed by atoms with Crippen molar-refractivity contribution in [1.82, 2.24) is 10.2 Å². The zero-order valence-electron chi connectivity index (χ0n) is 15.6. The zero-order valence-corrected chi connectivity index (χ0v) is 15.6. The average molecular weight is 351 g/mol. The number of carbonyl (C=O) groups excluding carboxylic acids is 1. The van der Waals surface area contributed by atoms with E-state index in [1.54, 1.807) is 0 Å². The molecule has 0 unspecified atom stereocenters. The van der Waals surface area contributed by atoms with E-state index in [0.29, 0.717) is 0 Å². The molecule has 26 heavy (non-hydrogen) atoms. The van der Waals surface area contributed by atoms with Crippen molar-refractivity contribution in [2.24, 2.45) is 0 Å². The van der Waals surface area contributed by atoms with Gasteiger partial charge in [0, 0.05) is 6.54 Å². The molecule has 138 valence electrons. The van der Waals surface area contributed by atoms with Crippen molar-refractivity contribution in [3.63, 3.8) is 0 Å². The first kappa shape index (κ1) is 18.7. The van der Waals surface area contributed by atoms with Crippen LogP contribution in [-0.4, -0.2) is 37.0 Å². The Labute approximate surface area is 157 Å². The third-order valence-electron chi connectivity index (χ3n) is 5.18. The van der Waals surface area contributed by atoms with Crippen LogP contribution in [-0.2, 0) is 4.79 Å². The molecule has 0 saturated carbocycles. The molecule has 2 aromatic rings. The number of nitrogens with zero attached hydrogens (tertiary/aromatic N) is 1. The number of benzene rings is 2. The zero-order chi connectivity index (χ0) is 18.0. The Kier molecular flexibility index (Phi) is 7.26. The Balaban J connectivity index is 1.51. The number of rotatable bonds is 8. The highest BCUT2D eigenvalue weighted by Crippen LogP contribution is 2.24. The number of likely N-dealkylation sites (tertiary alicyclic amines) is 1. The SMILES string of the molecule is O=C(NCCCCN1CCCCC1)C(c1ccccc1)c1ccccc1. The number of amides is 1. The molecule has 1 fully saturated rings. The molecule has 1 N–H and O–H groups in total. The lowest BCUT2D eigenvalue weighted by atomic mass is 9.90. The average Bonchev–Trinajstić information content (AvgIpc) is 2.70. The van der Waals surface area contributed by atoms with Gasteiger partial charge in [0.05, 0.1) is 5.92 Å². The molecule has 0 radical (unpaired) electrons.